The fraction of sp³-hybridized carbons (Fsp3) is 0.314. The van der Waals surface area contributed by atoms with Gasteiger partial charge in [0, 0.05) is 53.0 Å². The third-order valence-electron chi connectivity index (χ3n) is 7.54. The first kappa shape index (κ1) is 32.4. The molecule has 0 aromatic heterocycles. The normalized spacial score (nSPS) is 22.6. The van der Waals surface area contributed by atoms with E-state index in [-0.39, 0.29) is 33.4 Å². The van der Waals surface area contributed by atoms with E-state index in [1.54, 1.807) is 12.2 Å². The third kappa shape index (κ3) is 7.05. The number of allylic oxidation sites excluding steroid dienone is 14. The molecule has 2 aliphatic carbocycles. The SMILES string of the molecule is C=C/C=C\C1C#CCC2=C(CC1)C(=O)/C(=C/C=C1/N(C[C@@H](I)C(=C)C(=C)CCl)C(C)=C(C)N1C(/C=C\C)=C/C)C2=O. The van der Waals surface area contributed by atoms with Crippen molar-refractivity contribution in [2.24, 2.45) is 5.92 Å². The lowest BCUT2D eigenvalue weighted by atomic mass is 9.93. The lowest BCUT2D eigenvalue weighted by Crippen LogP contribution is -2.30. The van der Waals surface area contributed by atoms with Crippen LogP contribution in [0.5, 0.6) is 0 Å². The maximum Gasteiger partial charge on any atom is 0.194 e. The first-order valence-corrected chi connectivity index (χ1v) is 15.5. The number of ketones is 2. The Bertz CT molecular complexity index is 1440. The molecule has 0 aromatic carbocycles. The highest BCUT2D eigenvalue weighted by atomic mass is 127. The van der Waals surface area contributed by atoms with Crippen molar-refractivity contribution in [3.8, 4) is 11.8 Å². The molecular weight excluding hydrogens is 643 g/mol. The number of alkyl halides is 2. The van der Waals surface area contributed by atoms with Gasteiger partial charge in [0.1, 0.15) is 5.82 Å². The van der Waals surface area contributed by atoms with Crippen molar-refractivity contribution in [2.75, 3.05) is 12.4 Å². The molecule has 0 saturated carbocycles. The Hall–Kier alpha value is -3.08. The van der Waals surface area contributed by atoms with Crippen molar-refractivity contribution in [1.82, 2.24) is 9.80 Å². The van der Waals surface area contributed by atoms with Gasteiger partial charge in [-0.2, -0.15) is 0 Å². The van der Waals surface area contributed by atoms with Crippen LogP contribution in [-0.4, -0.2) is 37.7 Å². The maximum absolute atomic E-state index is 13.5. The van der Waals surface area contributed by atoms with E-state index in [0.29, 0.717) is 36.4 Å². The minimum atomic E-state index is -0.216. The monoisotopic (exact) mass is 680 g/mol. The molecule has 3 aliphatic rings. The molecule has 4 nitrogen and oxygen atoms in total. The number of carbonyl (C=O) groups is 2. The Kier molecular flexibility index (Phi) is 11.6. The standard InChI is InChI=1S/C35H38ClIN2O2/c1-8-11-14-27-15-12-16-29-30(18-17-27)35(41)31(34(29)40)19-20-33-38(22-32(37)24(5)23(4)21-36)25(6)26(7)39(33)28(10-3)13-9-2/h8-11,13-14,19-20,27,32H,1,4-5,16-18,21-22H2,2-3,6-7H3/b13-9-,14-11-,28-10+,31-19+,33-20-/t27?,32-/m1/s1. The summed E-state index contributed by atoms with van der Waals surface area (Å²) in [5.74, 6) is 7.16. The Morgan fingerprint density at radius 1 is 1.15 bits per heavy atom. The molecule has 1 unspecified atom stereocenters. The molecule has 214 valence electrons. The largest absolute Gasteiger partial charge is 0.328 e. The molecule has 0 spiro atoms. The highest BCUT2D eigenvalue weighted by Gasteiger charge is 2.36. The molecule has 0 aromatic rings. The molecular formula is C35H38ClIN2O2. The maximum atomic E-state index is 13.5. The molecule has 0 saturated heterocycles. The van der Waals surface area contributed by atoms with E-state index in [9.17, 15) is 9.59 Å². The zero-order valence-electron chi connectivity index (χ0n) is 24.4. The fourth-order valence-electron chi connectivity index (χ4n) is 5.05. The van der Waals surface area contributed by atoms with Crippen LogP contribution in [0.3, 0.4) is 0 Å². The minimum Gasteiger partial charge on any atom is -0.328 e. The molecule has 0 fully saturated rings. The van der Waals surface area contributed by atoms with Gasteiger partial charge >= 0.3 is 0 Å². The second kappa shape index (κ2) is 14.7. The summed E-state index contributed by atoms with van der Waals surface area (Å²) in [6.45, 7) is 20.8. The van der Waals surface area contributed by atoms with Crippen molar-refractivity contribution in [1.29, 1.82) is 0 Å². The lowest BCUT2D eigenvalue weighted by molar-refractivity contribution is -0.116. The minimum absolute atomic E-state index is 0.0365. The molecule has 2 atom stereocenters. The zero-order valence-corrected chi connectivity index (χ0v) is 27.3. The number of carbonyl (C=O) groups excluding carboxylic acids is 2. The molecule has 0 amide bonds. The van der Waals surface area contributed by atoms with Gasteiger partial charge in [-0.1, -0.05) is 84.5 Å². The summed E-state index contributed by atoms with van der Waals surface area (Å²) in [5, 5.41) is 0. The van der Waals surface area contributed by atoms with E-state index in [1.807, 2.05) is 50.3 Å². The highest BCUT2D eigenvalue weighted by Crippen LogP contribution is 2.38. The molecule has 1 heterocycles. The molecule has 0 bridgehead atoms. The van der Waals surface area contributed by atoms with Gasteiger partial charge in [-0.25, -0.2) is 0 Å². The van der Waals surface area contributed by atoms with Crippen LogP contribution in [0.1, 0.15) is 47.0 Å². The van der Waals surface area contributed by atoms with Crippen LogP contribution in [0.2, 0.25) is 0 Å². The van der Waals surface area contributed by atoms with E-state index < -0.39 is 0 Å². The van der Waals surface area contributed by atoms with Gasteiger partial charge in [0.05, 0.1) is 9.50 Å². The second-order valence-electron chi connectivity index (χ2n) is 10.0. The fourth-order valence-corrected chi connectivity index (χ4v) is 6.06. The van der Waals surface area contributed by atoms with Gasteiger partial charge in [-0.15, -0.1) is 11.6 Å². The number of halogens is 2. The summed E-state index contributed by atoms with van der Waals surface area (Å²) < 4.78 is 0.0475. The van der Waals surface area contributed by atoms with Crippen LogP contribution in [-0.2, 0) is 9.59 Å². The Morgan fingerprint density at radius 2 is 1.85 bits per heavy atom. The average molecular weight is 681 g/mol. The van der Waals surface area contributed by atoms with Crippen LogP contribution >= 0.6 is 34.2 Å². The summed E-state index contributed by atoms with van der Waals surface area (Å²) in [4.78, 5) is 31.4. The van der Waals surface area contributed by atoms with Crippen molar-refractivity contribution < 1.29 is 9.59 Å². The predicted octanol–water partition coefficient (Wildman–Crippen LogP) is 8.25. The van der Waals surface area contributed by atoms with E-state index in [2.05, 4.69) is 77.8 Å². The van der Waals surface area contributed by atoms with Gasteiger partial charge in [0.25, 0.3) is 0 Å². The zero-order chi connectivity index (χ0) is 30.3. The summed E-state index contributed by atoms with van der Waals surface area (Å²) >= 11 is 8.42. The van der Waals surface area contributed by atoms with E-state index in [1.165, 1.54) is 0 Å². The Balaban J connectivity index is 2.02. The van der Waals surface area contributed by atoms with Gasteiger partial charge in [-0.05, 0) is 69.9 Å². The van der Waals surface area contributed by atoms with E-state index >= 15 is 0 Å². The quantitative estimate of drug-likeness (QED) is 0.0582. The number of hydrogen-bond acceptors (Lipinski definition) is 4. The number of nitrogens with zero attached hydrogens (tertiary/aromatic N) is 2. The number of hydrogen-bond donors (Lipinski definition) is 0. The van der Waals surface area contributed by atoms with Crippen molar-refractivity contribution in [3.05, 3.63) is 119 Å². The van der Waals surface area contributed by atoms with Crippen LogP contribution in [0.4, 0.5) is 0 Å². The molecule has 41 heavy (non-hydrogen) atoms. The Morgan fingerprint density at radius 3 is 2.49 bits per heavy atom. The van der Waals surface area contributed by atoms with Crippen molar-refractivity contribution in [2.45, 2.75) is 50.9 Å². The second-order valence-corrected chi connectivity index (χ2v) is 11.8. The summed E-state index contributed by atoms with van der Waals surface area (Å²) in [5.41, 5.74) is 6.18. The smallest absolute Gasteiger partial charge is 0.194 e. The van der Waals surface area contributed by atoms with Crippen LogP contribution in [0.25, 0.3) is 0 Å². The lowest BCUT2D eigenvalue weighted by Gasteiger charge is -2.30. The van der Waals surface area contributed by atoms with Gasteiger partial charge in [0.2, 0.25) is 0 Å². The first-order valence-electron chi connectivity index (χ1n) is 13.7. The van der Waals surface area contributed by atoms with Crippen molar-refractivity contribution >= 4 is 45.8 Å². The van der Waals surface area contributed by atoms with Crippen LogP contribution < -0.4 is 0 Å². The first-order chi connectivity index (χ1) is 19.6. The van der Waals surface area contributed by atoms with E-state index in [4.69, 9.17) is 11.6 Å². The summed E-state index contributed by atoms with van der Waals surface area (Å²) in [6.07, 6.45) is 16.8. The van der Waals surface area contributed by atoms with E-state index in [0.717, 1.165) is 34.1 Å². The van der Waals surface area contributed by atoms with Gasteiger partial charge < -0.3 is 4.90 Å². The van der Waals surface area contributed by atoms with Gasteiger partial charge in [-0.3, -0.25) is 14.5 Å². The molecule has 6 heteroatoms. The topological polar surface area (TPSA) is 40.6 Å². The van der Waals surface area contributed by atoms with Crippen LogP contribution in [0.15, 0.2) is 119 Å². The average Bonchev–Trinajstić information content (AvgIpc) is 3.31. The van der Waals surface area contributed by atoms with Gasteiger partial charge in [0.15, 0.2) is 11.6 Å². The third-order valence-corrected chi connectivity index (χ3v) is 9.00. The molecule has 0 N–H and O–H groups in total. The molecule has 3 rings (SSSR count). The summed E-state index contributed by atoms with van der Waals surface area (Å²) in [7, 11) is 0. The van der Waals surface area contributed by atoms with Crippen LogP contribution in [0, 0.1) is 17.8 Å². The molecule has 0 radical (unpaired) electrons. The highest BCUT2D eigenvalue weighted by molar-refractivity contribution is 14.1. The summed E-state index contributed by atoms with van der Waals surface area (Å²) in [6, 6.07) is 0. The van der Waals surface area contributed by atoms with Crippen molar-refractivity contribution in [3.63, 3.8) is 0 Å². The Labute approximate surface area is 264 Å². The number of Topliss-reactive ketones (excluding diaryl/α,β-unsaturated/α-hetero) is 2. The predicted molar refractivity (Wildman–Crippen MR) is 180 cm³/mol. The number of rotatable bonds is 10. The molecule has 1 aliphatic heterocycles.